The molecule has 0 radical (unpaired) electrons. The van der Waals surface area contributed by atoms with E-state index in [1.54, 1.807) is 13.8 Å². The number of carbonyl (C=O) groups excluding carboxylic acids is 1. The molecule has 1 aromatic heterocycles. The molecule has 0 aliphatic carbocycles. The Hall–Kier alpha value is -1.92. The van der Waals surface area contributed by atoms with Crippen LogP contribution in [-0.4, -0.2) is 26.9 Å². The third-order valence-electron chi connectivity index (χ3n) is 2.74. The summed E-state index contributed by atoms with van der Waals surface area (Å²) in [5.74, 6) is -0.466. The van der Waals surface area contributed by atoms with Crippen LogP contribution in [0.3, 0.4) is 0 Å². The van der Waals surface area contributed by atoms with Crippen molar-refractivity contribution in [3.63, 3.8) is 0 Å². The molecule has 0 atom stereocenters. The first-order chi connectivity index (χ1) is 8.54. The molecule has 0 fully saturated rings. The summed E-state index contributed by atoms with van der Waals surface area (Å²) < 4.78 is 1.45. The predicted octanol–water partition coefficient (Wildman–Crippen LogP) is 1.69. The van der Waals surface area contributed by atoms with Gasteiger partial charge in [-0.2, -0.15) is 0 Å². The van der Waals surface area contributed by atoms with Crippen LogP contribution in [0.1, 0.15) is 34.6 Å². The zero-order valence-electron chi connectivity index (χ0n) is 11.9. The van der Waals surface area contributed by atoms with Crippen LogP contribution in [0.15, 0.2) is 12.5 Å². The summed E-state index contributed by atoms with van der Waals surface area (Å²) in [6.45, 7) is 9.96. The highest BCUT2D eigenvalue weighted by Crippen LogP contribution is 2.19. The van der Waals surface area contributed by atoms with Gasteiger partial charge in [-0.3, -0.25) is 9.36 Å². The van der Waals surface area contributed by atoms with Gasteiger partial charge in [-0.1, -0.05) is 20.8 Å². The molecule has 0 aliphatic rings. The lowest BCUT2D eigenvalue weighted by Gasteiger charge is -2.27. The molecular weight excluding hydrogens is 248 g/mol. The fourth-order valence-electron chi connectivity index (χ4n) is 1.39. The van der Waals surface area contributed by atoms with Crippen molar-refractivity contribution in [3.05, 3.63) is 22.6 Å². The summed E-state index contributed by atoms with van der Waals surface area (Å²) in [7, 11) is 0. The molecule has 0 bridgehead atoms. The van der Waals surface area contributed by atoms with Crippen LogP contribution in [0, 0.1) is 15.5 Å². The largest absolute Gasteiger partial charge is 0.381 e. The monoisotopic (exact) mass is 268 g/mol. The average Bonchev–Trinajstić information content (AvgIpc) is 2.74. The lowest BCUT2D eigenvalue weighted by molar-refractivity contribution is -0.389. The highest BCUT2D eigenvalue weighted by atomic mass is 16.6. The van der Waals surface area contributed by atoms with Crippen molar-refractivity contribution in [1.29, 1.82) is 0 Å². The van der Waals surface area contributed by atoms with E-state index in [-0.39, 0.29) is 17.1 Å². The highest BCUT2D eigenvalue weighted by Gasteiger charge is 2.32. The van der Waals surface area contributed by atoms with Gasteiger partial charge in [-0.25, -0.2) is 0 Å². The zero-order valence-corrected chi connectivity index (χ0v) is 11.9. The zero-order chi connectivity index (χ0) is 14.8. The van der Waals surface area contributed by atoms with E-state index in [1.165, 1.54) is 17.1 Å². The van der Waals surface area contributed by atoms with E-state index in [0.717, 1.165) is 0 Å². The molecule has 0 saturated heterocycles. The number of aromatic nitrogens is 2. The van der Waals surface area contributed by atoms with Crippen molar-refractivity contribution in [2.75, 3.05) is 6.54 Å². The Bertz CT molecular complexity index is 485. The molecule has 0 spiro atoms. The van der Waals surface area contributed by atoms with E-state index in [1.807, 2.05) is 20.8 Å². The van der Waals surface area contributed by atoms with Crippen LogP contribution >= 0.6 is 0 Å². The molecule has 19 heavy (non-hydrogen) atoms. The Morgan fingerprint density at radius 2 is 2.00 bits per heavy atom. The third kappa shape index (κ3) is 3.77. The molecule has 106 valence electrons. The quantitative estimate of drug-likeness (QED) is 0.664. The average molecular weight is 268 g/mol. The summed E-state index contributed by atoms with van der Waals surface area (Å²) in [5, 5.41) is 13.4. The van der Waals surface area contributed by atoms with Gasteiger partial charge >= 0.3 is 5.82 Å². The van der Waals surface area contributed by atoms with Crippen LogP contribution in [0.2, 0.25) is 0 Å². The normalized spacial score (nSPS) is 12.3. The van der Waals surface area contributed by atoms with Crippen molar-refractivity contribution >= 4 is 11.7 Å². The van der Waals surface area contributed by atoms with E-state index in [2.05, 4.69) is 10.3 Å². The first-order valence-electron chi connectivity index (χ1n) is 6.01. The summed E-state index contributed by atoms with van der Waals surface area (Å²) in [5.41, 5.74) is -0.945. The lowest BCUT2D eigenvalue weighted by atomic mass is 9.96. The maximum absolute atomic E-state index is 12.2. The molecule has 1 N–H and O–H groups in total. The van der Waals surface area contributed by atoms with E-state index in [4.69, 9.17) is 0 Å². The third-order valence-corrected chi connectivity index (χ3v) is 2.74. The van der Waals surface area contributed by atoms with E-state index >= 15 is 0 Å². The number of nitro groups is 1. The van der Waals surface area contributed by atoms with Gasteiger partial charge in [0.05, 0.1) is 0 Å². The summed E-state index contributed by atoms with van der Waals surface area (Å²) >= 11 is 0. The standard InChI is InChI=1S/C12H20N4O3/c1-11(2,3)7-13-10(17)12(4,5)15-6-9(14-8-15)16(18)19/h6,8H,7H2,1-5H3,(H,13,17). The number of hydrogen-bond donors (Lipinski definition) is 1. The van der Waals surface area contributed by atoms with Crippen molar-refractivity contribution in [1.82, 2.24) is 14.9 Å². The Morgan fingerprint density at radius 1 is 1.42 bits per heavy atom. The number of amides is 1. The predicted molar refractivity (Wildman–Crippen MR) is 70.7 cm³/mol. The number of nitrogens with one attached hydrogen (secondary N) is 1. The Labute approximate surface area is 112 Å². The molecule has 1 heterocycles. The molecule has 1 aromatic rings. The topological polar surface area (TPSA) is 90.1 Å². The second kappa shape index (κ2) is 4.99. The fourth-order valence-corrected chi connectivity index (χ4v) is 1.39. The number of hydrogen-bond acceptors (Lipinski definition) is 4. The van der Waals surface area contributed by atoms with Gasteiger partial charge in [0.25, 0.3) is 0 Å². The first-order valence-corrected chi connectivity index (χ1v) is 6.01. The van der Waals surface area contributed by atoms with Crippen LogP contribution in [0.5, 0.6) is 0 Å². The van der Waals surface area contributed by atoms with Crippen LogP contribution < -0.4 is 5.32 Å². The summed E-state index contributed by atoms with van der Waals surface area (Å²) in [4.78, 5) is 25.8. The Morgan fingerprint density at radius 3 is 2.42 bits per heavy atom. The van der Waals surface area contributed by atoms with Gasteiger partial charge in [0.1, 0.15) is 11.7 Å². The van der Waals surface area contributed by atoms with Gasteiger partial charge < -0.3 is 15.4 Å². The van der Waals surface area contributed by atoms with Gasteiger partial charge in [0.15, 0.2) is 0 Å². The van der Waals surface area contributed by atoms with Crippen molar-refractivity contribution < 1.29 is 9.72 Å². The van der Waals surface area contributed by atoms with Crippen LogP contribution in [0.4, 0.5) is 5.82 Å². The van der Waals surface area contributed by atoms with E-state index < -0.39 is 10.5 Å². The summed E-state index contributed by atoms with van der Waals surface area (Å²) in [6, 6.07) is 0. The van der Waals surface area contributed by atoms with Gasteiger partial charge in [0.2, 0.25) is 12.2 Å². The molecule has 0 saturated carbocycles. The van der Waals surface area contributed by atoms with Gasteiger partial charge in [-0.05, 0) is 29.2 Å². The van der Waals surface area contributed by atoms with Crippen molar-refractivity contribution in [2.45, 2.75) is 40.2 Å². The SMILES string of the molecule is CC(C)(C)CNC(=O)C(C)(C)n1cnc([N+](=O)[O-])c1. The smallest absolute Gasteiger partial charge is 0.358 e. The van der Waals surface area contributed by atoms with Gasteiger partial charge in [-0.15, -0.1) is 0 Å². The summed E-state index contributed by atoms with van der Waals surface area (Å²) in [6.07, 6.45) is 2.56. The fraction of sp³-hybridized carbons (Fsp3) is 0.667. The Balaban J connectivity index is 2.83. The van der Waals surface area contributed by atoms with Crippen molar-refractivity contribution in [3.8, 4) is 0 Å². The second-order valence-electron chi connectivity index (χ2n) is 6.20. The van der Waals surface area contributed by atoms with Gasteiger partial charge in [0, 0.05) is 6.54 Å². The molecule has 1 rings (SSSR count). The Kier molecular flexibility index (Phi) is 3.97. The van der Waals surface area contributed by atoms with E-state index in [9.17, 15) is 14.9 Å². The molecule has 0 aromatic carbocycles. The minimum atomic E-state index is -0.924. The van der Waals surface area contributed by atoms with E-state index in [0.29, 0.717) is 6.54 Å². The minimum Gasteiger partial charge on any atom is -0.358 e. The lowest BCUT2D eigenvalue weighted by Crippen LogP contribution is -2.46. The number of nitrogens with zero attached hydrogens (tertiary/aromatic N) is 3. The number of imidazole rings is 1. The minimum absolute atomic E-state index is 0.0212. The van der Waals surface area contributed by atoms with Crippen molar-refractivity contribution in [2.24, 2.45) is 5.41 Å². The molecular formula is C12H20N4O3. The second-order valence-corrected chi connectivity index (χ2v) is 6.20. The maximum atomic E-state index is 12.2. The van der Waals surface area contributed by atoms with Crippen LogP contribution in [-0.2, 0) is 10.3 Å². The maximum Gasteiger partial charge on any atom is 0.381 e. The number of rotatable bonds is 4. The molecule has 7 nitrogen and oxygen atoms in total. The number of carbonyl (C=O) groups is 1. The molecule has 1 amide bonds. The first kappa shape index (κ1) is 15.1. The molecule has 0 aliphatic heterocycles. The molecule has 7 heteroatoms. The molecule has 0 unspecified atom stereocenters. The van der Waals surface area contributed by atoms with Crippen LogP contribution in [0.25, 0.3) is 0 Å². The highest BCUT2D eigenvalue weighted by molar-refractivity contribution is 5.83.